The van der Waals surface area contributed by atoms with Crippen molar-refractivity contribution < 1.29 is 23.8 Å². The fourth-order valence-electron chi connectivity index (χ4n) is 1.59. The van der Waals surface area contributed by atoms with E-state index in [9.17, 15) is 9.59 Å². The second-order valence-corrected chi connectivity index (χ2v) is 4.16. The molecule has 106 valence electrons. The van der Waals surface area contributed by atoms with Crippen molar-refractivity contribution in [2.24, 2.45) is 0 Å². The van der Waals surface area contributed by atoms with Crippen molar-refractivity contribution in [1.29, 1.82) is 0 Å². The molecule has 0 saturated carbocycles. The average molecular weight is 269 g/mol. The van der Waals surface area contributed by atoms with Crippen molar-refractivity contribution in [3.8, 4) is 0 Å². The highest BCUT2D eigenvalue weighted by Gasteiger charge is 2.10. The third kappa shape index (κ3) is 6.05. The number of ether oxygens (including phenoxy) is 1. The number of carboxylic acids is 1. The highest BCUT2D eigenvalue weighted by Crippen LogP contribution is 2.08. The molecule has 0 atom stereocenters. The van der Waals surface area contributed by atoms with Crippen LogP contribution >= 0.6 is 0 Å². The molecule has 2 N–H and O–H groups in total. The van der Waals surface area contributed by atoms with E-state index in [1.54, 1.807) is 19.2 Å². The largest absolute Gasteiger partial charge is 0.481 e. The Morgan fingerprint density at radius 2 is 2.11 bits per heavy atom. The molecule has 0 aliphatic rings. The van der Waals surface area contributed by atoms with Gasteiger partial charge in [0.15, 0.2) is 5.76 Å². The van der Waals surface area contributed by atoms with E-state index in [2.05, 4.69) is 5.32 Å². The Balaban J connectivity index is 2.18. The van der Waals surface area contributed by atoms with Crippen LogP contribution in [0.15, 0.2) is 16.5 Å². The van der Waals surface area contributed by atoms with Gasteiger partial charge in [-0.05, 0) is 25.0 Å². The number of hydrogen-bond acceptors (Lipinski definition) is 4. The first-order chi connectivity index (χ1) is 9.13. The van der Waals surface area contributed by atoms with Crippen molar-refractivity contribution in [2.75, 3.05) is 13.7 Å². The number of hydrogen-bond donors (Lipinski definition) is 2. The summed E-state index contributed by atoms with van der Waals surface area (Å²) in [5, 5.41) is 11.2. The van der Waals surface area contributed by atoms with Crippen LogP contribution < -0.4 is 5.32 Å². The number of nitrogens with one attached hydrogen (secondary N) is 1. The summed E-state index contributed by atoms with van der Waals surface area (Å²) in [6, 6.07) is 3.30. The number of aliphatic carboxylic acids is 1. The Morgan fingerprint density at radius 1 is 1.32 bits per heavy atom. The van der Waals surface area contributed by atoms with Gasteiger partial charge in [0, 0.05) is 20.1 Å². The summed E-state index contributed by atoms with van der Waals surface area (Å²) in [6.07, 6.45) is 2.33. The van der Waals surface area contributed by atoms with Crippen molar-refractivity contribution in [3.63, 3.8) is 0 Å². The second kappa shape index (κ2) is 8.31. The number of carbonyl (C=O) groups is 2. The summed E-state index contributed by atoms with van der Waals surface area (Å²) in [7, 11) is 1.55. The standard InChI is InChI=1S/C13H19NO5/c1-18-9-10-6-7-11(19-10)13(17)14-8-4-2-3-5-12(15)16/h6-7H,2-5,8-9H2,1H3,(H,14,17)(H,15,16). The molecule has 0 unspecified atom stereocenters. The molecule has 0 aliphatic carbocycles. The van der Waals surface area contributed by atoms with Crippen LogP contribution in [-0.2, 0) is 16.1 Å². The zero-order valence-corrected chi connectivity index (χ0v) is 11.0. The minimum atomic E-state index is -0.787. The Labute approximate surface area is 111 Å². The summed E-state index contributed by atoms with van der Waals surface area (Å²) < 4.78 is 10.2. The molecule has 6 nitrogen and oxygen atoms in total. The van der Waals surface area contributed by atoms with E-state index in [-0.39, 0.29) is 18.1 Å². The molecule has 0 aromatic carbocycles. The molecule has 0 aliphatic heterocycles. The van der Waals surface area contributed by atoms with Gasteiger partial charge in [-0.2, -0.15) is 0 Å². The van der Waals surface area contributed by atoms with Gasteiger partial charge in [-0.15, -0.1) is 0 Å². The van der Waals surface area contributed by atoms with Crippen LogP contribution in [0.4, 0.5) is 0 Å². The van der Waals surface area contributed by atoms with Crippen LogP contribution in [0.1, 0.15) is 42.0 Å². The number of furan rings is 1. The van der Waals surface area contributed by atoms with Gasteiger partial charge in [-0.25, -0.2) is 0 Å². The highest BCUT2D eigenvalue weighted by atomic mass is 16.5. The predicted octanol–water partition coefficient (Wildman–Crippen LogP) is 1.80. The summed E-state index contributed by atoms with van der Waals surface area (Å²) in [4.78, 5) is 22.0. The van der Waals surface area contributed by atoms with E-state index in [0.717, 1.165) is 12.8 Å². The molecule has 0 radical (unpaired) electrons. The zero-order chi connectivity index (χ0) is 14.1. The quantitative estimate of drug-likeness (QED) is 0.667. The van der Waals surface area contributed by atoms with Crippen LogP contribution in [0.3, 0.4) is 0 Å². The van der Waals surface area contributed by atoms with E-state index >= 15 is 0 Å². The van der Waals surface area contributed by atoms with E-state index in [4.69, 9.17) is 14.3 Å². The number of carboxylic acid groups (broad SMARTS) is 1. The zero-order valence-electron chi connectivity index (χ0n) is 11.0. The molecule has 1 heterocycles. The maximum atomic E-state index is 11.7. The van der Waals surface area contributed by atoms with Gasteiger partial charge in [0.05, 0.1) is 0 Å². The summed E-state index contributed by atoms with van der Waals surface area (Å²) in [5.41, 5.74) is 0. The summed E-state index contributed by atoms with van der Waals surface area (Å²) in [5.74, 6) is -0.183. The fourth-order valence-corrected chi connectivity index (χ4v) is 1.59. The summed E-state index contributed by atoms with van der Waals surface area (Å²) in [6.45, 7) is 0.848. The molecule has 19 heavy (non-hydrogen) atoms. The first kappa shape index (κ1) is 15.2. The monoisotopic (exact) mass is 269 g/mol. The van der Waals surface area contributed by atoms with Gasteiger partial charge < -0.3 is 19.6 Å². The van der Waals surface area contributed by atoms with Crippen LogP contribution in [0.25, 0.3) is 0 Å². The SMILES string of the molecule is COCc1ccc(C(=O)NCCCCCC(=O)O)o1. The van der Waals surface area contributed by atoms with Crippen molar-refractivity contribution in [2.45, 2.75) is 32.3 Å². The van der Waals surface area contributed by atoms with Gasteiger partial charge in [-0.1, -0.05) is 6.42 Å². The maximum absolute atomic E-state index is 11.7. The lowest BCUT2D eigenvalue weighted by atomic mass is 10.2. The van der Waals surface area contributed by atoms with E-state index in [1.165, 1.54) is 0 Å². The molecule has 1 amide bonds. The highest BCUT2D eigenvalue weighted by molar-refractivity contribution is 5.91. The first-order valence-corrected chi connectivity index (χ1v) is 6.21. The van der Waals surface area contributed by atoms with Crippen LogP contribution in [0, 0.1) is 0 Å². The normalized spacial score (nSPS) is 10.4. The van der Waals surface area contributed by atoms with Gasteiger partial charge in [0.2, 0.25) is 0 Å². The molecular weight excluding hydrogens is 250 g/mol. The Hall–Kier alpha value is -1.82. The molecule has 6 heteroatoms. The first-order valence-electron chi connectivity index (χ1n) is 6.21. The third-order valence-corrected chi connectivity index (χ3v) is 2.53. The van der Waals surface area contributed by atoms with Crippen molar-refractivity contribution in [1.82, 2.24) is 5.32 Å². The molecule has 1 aromatic rings. The summed E-state index contributed by atoms with van der Waals surface area (Å²) >= 11 is 0. The maximum Gasteiger partial charge on any atom is 0.303 e. The minimum Gasteiger partial charge on any atom is -0.481 e. The van der Waals surface area contributed by atoms with Gasteiger partial charge >= 0.3 is 5.97 Å². The third-order valence-electron chi connectivity index (χ3n) is 2.53. The van der Waals surface area contributed by atoms with Gasteiger partial charge in [0.1, 0.15) is 12.4 Å². The van der Waals surface area contributed by atoms with Gasteiger partial charge in [-0.3, -0.25) is 9.59 Å². The van der Waals surface area contributed by atoms with Crippen molar-refractivity contribution >= 4 is 11.9 Å². The average Bonchev–Trinajstić information content (AvgIpc) is 2.82. The Bertz CT molecular complexity index is 413. The number of rotatable bonds is 9. The van der Waals surface area contributed by atoms with Crippen LogP contribution in [-0.4, -0.2) is 30.6 Å². The fraction of sp³-hybridized carbons (Fsp3) is 0.538. The Morgan fingerprint density at radius 3 is 2.79 bits per heavy atom. The molecule has 0 fully saturated rings. The lowest BCUT2D eigenvalue weighted by Crippen LogP contribution is -2.23. The molecule has 0 bridgehead atoms. The van der Waals surface area contributed by atoms with E-state index < -0.39 is 5.97 Å². The number of amides is 1. The predicted molar refractivity (Wildman–Crippen MR) is 67.9 cm³/mol. The van der Waals surface area contributed by atoms with Gasteiger partial charge in [0.25, 0.3) is 5.91 Å². The van der Waals surface area contributed by atoms with Crippen LogP contribution in [0.5, 0.6) is 0 Å². The van der Waals surface area contributed by atoms with Crippen molar-refractivity contribution in [3.05, 3.63) is 23.7 Å². The molecule has 1 rings (SSSR count). The molecule has 0 saturated heterocycles. The second-order valence-electron chi connectivity index (χ2n) is 4.16. The lowest BCUT2D eigenvalue weighted by Gasteiger charge is -2.02. The van der Waals surface area contributed by atoms with Crippen LogP contribution in [0.2, 0.25) is 0 Å². The number of unbranched alkanes of at least 4 members (excludes halogenated alkanes) is 2. The van der Waals surface area contributed by atoms with E-state index in [0.29, 0.717) is 25.3 Å². The number of methoxy groups -OCH3 is 1. The topological polar surface area (TPSA) is 88.8 Å². The van der Waals surface area contributed by atoms with E-state index in [1.807, 2.05) is 0 Å². The number of carbonyl (C=O) groups excluding carboxylic acids is 1. The lowest BCUT2D eigenvalue weighted by molar-refractivity contribution is -0.137. The molecule has 1 aromatic heterocycles. The smallest absolute Gasteiger partial charge is 0.303 e. The Kier molecular flexibility index (Phi) is 6.67. The minimum absolute atomic E-state index is 0.173. The molecular formula is C13H19NO5. The molecule has 0 spiro atoms.